The number of carboxylic acid groups (broad SMARTS) is 1. The third-order valence-electron chi connectivity index (χ3n) is 2.15. The van der Waals surface area contributed by atoms with Gasteiger partial charge in [-0.3, -0.25) is 4.98 Å². The van der Waals surface area contributed by atoms with Gasteiger partial charge in [-0.05, 0) is 6.07 Å². The molecule has 0 radical (unpaired) electrons. The minimum Gasteiger partial charge on any atom is -0.478 e. The van der Waals surface area contributed by atoms with Gasteiger partial charge >= 0.3 is 5.97 Å². The number of carbonyl (C=O) groups is 1. The van der Waals surface area contributed by atoms with Crippen molar-refractivity contribution < 1.29 is 14.6 Å². The molecular weight excluding hydrogens is 254 g/mol. The average molecular weight is 265 g/mol. The number of hydrogen-bond acceptors (Lipinski definition) is 6. The van der Waals surface area contributed by atoms with Crippen molar-refractivity contribution in [2.75, 3.05) is 0 Å². The number of pyridine rings is 1. The summed E-state index contributed by atoms with van der Waals surface area (Å²) in [5.74, 6) is -0.0281. The molecule has 0 atom stereocenters. The zero-order valence-electron chi connectivity index (χ0n) is 9.82. The van der Waals surface area contributed by atoms with Gasteiger partial charge in [0.1, 0.15) is 11.4 Å². The molecule has 0 aromatic carbocycles. The third kappa shape index (κ3) is 2.62. The first kappa shape index (κ1) is 12.4. The van der Waals surface area contributed by atoms with Crippen LogP contribution in [-0.2, 0) is 0 Å². The molecule has 6 nitrogen and oxygen atoms in total. The van der Waals surface area contributed by atoms with Crippen LogP contribution in [0.15, 0.2) is 18.5 Å². The number of ether oxygens (including phenoxy) is 1. The highest BCUT2D eigenvalue weighted by Gasteiger charge is 2.14. The molecular formula is C11H11N3O3S. The number of carboxylic acids is 1. The summed E-state index contributed by atoms with van der Waals surface area (Å²) in [5, 5.41) is 9.31. The van der Waals surface area contributed by atoms with Gasteiger partial charge in [0.05, 0.1) is 6.20 Å². The van der Waals surface area contributed by atoms with E-state index in [4.69, 9.17) is 9.84 Å². The van der Waals surface area contributed by atoms with E-state index in [1.807, 2.05) is 13.8 Å². The van der Waals surface area contributed by atoms with Gasteiger partial charge in [-0.2, -0.15) is 9.36 Å². The Hall–Kier alpha value is -2.02. The predicted molar refractivity (Wildman–Crippen MR) is 65.3 cm³/mol. The zero-order chi connectivity index (χ0) is 13.1. The number of aromatic carboxylic acids is 1. The summed E-state index contributed by atoms with van der Waals surface area (Å²) < 4.78 is 9.53. The minimum atomic E-state index is -1.07. The van der Waals surface area contributed by atoms with Crippen LogP contribution in [0.3, 0.4) is 0 Å². The van der Waals surface area contributed by atoms with Crippen molar-refractivity contribution in [1.29, 1.82) is 0 Å². The third-order valence-corrected chi connectivity index (χ3v) is 2.76. The SMILES string of the molecule is CC(C)c1nsc(Oc2cnccc2C(=O)O)n1. The highest BCUT2D eigenvalue weighted by Crippen LogP contribution is 2.27. The Morgan fingerprint density at radius 2 is 2.28 bits per heavy atom. The fourth-order valence-electron chi connectivity index (χ4n) is 1.23. The van der Waals surface area contributed by atoms with Gasteiger partial charge in [0, 0.05) is 23.6 Å². The Balaban J connectivity index is 2.25. The molecule has 0 aliphatic rings. The van der Waals surface area contributed by atoms with E-state index < -0.39 is 5.97 Å². The first-order valence-corrected chi connectivity index (χ1v) is 6.04. The Morgan fingerprint density at radius 1 is 1.50 bits per heavy atom. The van der Waals surface area contributed by atoms with Crippen LogP contribution in [0, 0.1) is 0 Å². The van der Waals surface area contributed by atoms with Crippen molar-refractivity contribution in [3.05, 3.63) is 29.8 Å². The lowest BCUT2D eigenvalue weighted by molar-refractivity contribution is 0.0694. The van der Waals surface area contributed by atoms with Crippen LogP contribution in [-0.4, -0.2) is 25.4 Å². The van der Waals surface area contributed by atoms with Crippen molar-refractivity contribution in [2.45, 2.75) is 19.8 Å². The monoisotopic (exact) mass is 265 g/mol. The maximum atomic E-state index is 11.0. The molecule has 0 amide bonds. The number of nitrogens with zero attached hydrogens (tertiary/aromatic N) is 3. The van der Waals surface area contributed by atoms with Crippen molar-refractivity contribution >= 4 is 17.5 Å². The highest BCUT2D eigenvalue weighted by molar-refractivity contribution is 7.07. The van der Waals surface area contributed by atoms with E-state index in [1.54, 1.807) is 0 Å². The molecule has 0 unspecified atom stereocenters. The van der Waals surface area contributed by atoms with Gasteiger partial charge in [0.15, 0.2) is 5.75 Å². The molecule has 0 saturated heterocycles. The minimum absolute atomic E-state index is 0.0475. The number of hydrogen-bond donors (Lipinski definition) is 1. The summed E-state index contributed by atoms with van der Waals surface area (Å²) in [5.41, 5.74) is 0.0475. The molecule has 0 spiro atoms. The summed E-state index contributed by atoms with van der Waals surface area (Å²) in [6.07, 6.45) is 2.75. The van der Waals surface area contributed by atoms with Crippen molar-refractivity contribution in [2.24, 2.45) is 0 Å². The molecule has 0 bridgehead atoms. The molecule has 0 aliphatic carbocycles. The smallest absolute Gasteiger partial charge is 0.339 e. The van der Waals surface area contributed by atoms with Gasteiger partial charge in [0.2, 0.25) is 0 Å². The first-order valence-electron chi connectivity index (χ1n) is 5.26. The van der Waals surface area contributed by atoms with Crippen molar-refractivity contribution in [3.8, 4) is 10.9 Å². The second-order valence-electron chi connectivity index (χ2n) is 3.85. The van der Waals surface area contributed by atoms with E-state index in [0.29, 0.717) is 11.0 Å². The van der Waals surface area contributed by atoms with Gasteiger partial charge in [0.25, 0.3) is 5.19 Å². The van der Waals surface area contributed by atoms with Gasteiger partial charge in [-0.15, -0.1) is 0 Å². The summed E-state index contributed by atoms with van der Waals surface area (Å²) in [4.78, 5) is 19.0. The van der Waals surface area contributed by atoms with E-state index in [-0.39, 0.29) is 17.2 Å². The van der Waals surface area contributed by atoms with E-state index in [2.05, 4.69) is 14.3 Å². The zero-order valence-corrected chi connectivity index (χ0v) is 10.6. The topological polar surface area (TPSA) is 85.2 Å². The standard InChI is InChI=1S/C11H11N3O3S/c1-6(2)9-13-11(18-14-9)17-8-5-12-4-3-7(8)10(15)16/h3-6H,1-2H3,(H,15,16). The van der Waals surface area contributed by atoms with Gasteiger partial charge < -0.3 is 9.84 Å². The second kappa shape index (κ2) is 5.09. The predicted octanol–water partition coefficient (Wildman–Crippen LogP) is 2.55. The van der Waals surface area contributed by atoms with Gasteiger partial charge in [-0.1, -0.05) is 13.8 Å². The lowest BCUT2D eigenvalue weighted by Crippen LogP contribution is -2.00. The van der Waals surface area contributed by atoms with Crippen molar-refractivity contribution in [1.82, 2.24) is 14.3 Å². The van der Waals surface area contributed by atoms with Crippen LogP contribution >= 0.6 is 11.5 Å². The summed E-state index contributed by atoms with van der Waals surface area (Å²) in [6.45, 7) is 3.94. The van der Waals surface area contributed by atoms with Crippen LogP contribution in [0.25, 0.3) is 0 Å². The molecule has 0 aliphatic heterocycles. The van der Waals surface area contributed by atoms with Crippen LogP contribution in [0.5, 0.6) is 10.9 Å². The lowest BCUT2D eigenvalue weighted by atomic mass is 10.2. The molecule has 2 aromatic rings. The molecule has 0 saturated carbocycles. The van der Waals surface area contributed by atoms with Crippen LogP contribution in [0.2, 0.25) is 0 Å². The van der Waals surface area contributed by atoms with Gasteiger partial charge in [-0.25, -0.2) is 4.79 Å². The normalized spacial score (nSPS) is 10.6. The molecule has 2 heterocycles. The summed E-state index contributed by atoms with van der Waals surface area (Å²) in [7, 11) is 0. The quantitative estimate of drug-likeness (QED) is 0.914. The van der Waals surface area contributed by atoms with Crippen LogP contribution < -0.4 is 4.74 Å². The molecule has 0 fully saturated rings. The fraction of sp³-hybridized carbons (Fsp3) is 0.273. The molecule has 2 rings (SSSR count). The fourth-order valence-corrected chi connectivity index (χ4v) is 1.91. The van der Waals surface area contributed by atoms with E-state index in [0.717, 1.165) is 11.5 Å². The number of rotatable bonds is 4. The lowest BCUT2D eigenvalue weighted by Gasteiger charge is -2.03. The van der Waals surface area contributed by atoms with E-state index in [1.165, 1.54) is 18.5 Å². The molecule has 18 heavy (non-hydrogen) atoms. The first-order chi connectivity index (χ1) is 8.58. The Morgan fingerprint density at radius 3 is 2.89 bits per heavy atom. The van der Waals surface area contributed by atoms with E-state index in [9.17, 15) is 4.79 Å². The molecule has 2 aromatic heterocycles. The maximum absolute atomic E-state index is 11.0. The maximum Gasteiger partial charge on any atom is 0.339 e. The average Bonchev–Trinajstić information content (AvgIpc) is 2.78. The van der Waals surface area contributed by atoms with Crippen LogP contribution in [0.4, 0.5) is 0 Å². The second-order valence-corrected chi connectivity index (χ2v) is 4.57. The number of aromatic nitrogens is 3. The molecule has 94 valence electrons. The highest BCUT2D eigenvalue weighted by atomic mass is 32.1. The Kier molecular flexibility index (Phi) is 3.52. The Bertz CT molecular complexity index is 568. The van der Waals surface area contributed by atoms with Crippen LogP contribution in [0.1, 0.15) is 35.9 Å². The molecule has 7 heteroatoms. The largest absolute Gasteiger partial charge is 0.478 e. The Labute approximate surface area is 107 Å². The summed E-state index contributed by atoms with van der Waals surface area (Å²) in [6, 6.07) is 1.38. The van der Waals surface area contributed by atoms with Crippen molar-refractivity contribution in [3.63, 3.8) is 0 Å². The molecule has 1 N–H and O–H groups in total. The summed E-state index contributed by atoms with van der Waals surface area (Å²) >= 11 is 1.09. The van der Waals surface area contributed by atoms with E-state index >= 15 is 0 Å².